The number of benzene rings is 1. The van der Waals surface area contributed by atoms with Crippen molar-refractivity contribution in [3.05, 3.63) is 35.4 Å². The van der Waals surface area contributed by atoms with E-state index in [0.717, 1.165) is 12.1 Å². The van der Waals surface area contributed by atoms with Gasteiger partial charge < -0.3 is 15.3 Å². The fraction of sp³-hybridized carbons (Fsp3) is 0.500. The lowest BCUT2D eigenvalue weighted by molar-refractivity contribution is -0.140. The molecule has 1 aromatic carbocycles. The van der Waals surface area contributed by atoms with Gasteiger partial charge >= 0.3 is 5.97 Å². The van der Waals surface area contributed by atoms with Crippen LogP contribution in [0.2, 0.25) is 0 Å². The van der Waals surface area contributed by atoms with Gasteiger partial charge in [-0.05, 0) is 37.7 Å². The highest BCUT2D eigenvalue weighted by atomic mass is 16.4. The molecule has 0 heterocycles. The number of hydrogen-bond donors (Lipinski definition) is 2. The van der Waals surface area contributed by atoms with Crippen molar-refractivity contribution in [3.8, 4) is 0 Å². The molecule has 0 aliphatic heterocycles. The molecule has 0 spiro atoms. The van der Waals surface area contributed by atoms with Gasteiger partial charge in [0, 0.05) is 12.1 Å². The van der Waals surface area contributed by atoms with E-state index in [4.69, 9.17) is 0 Å². The summed E-state index contributed by atoms with van der Waals surface area (Å²) in [5.41, 5.74) is 1.58. The van der Waals surface area contributed by atoms with Crippen LogP contribution < -0.4 is 5.32 Å². The molecule has 5 heteroatoms. The van der Waals surface area contributed by atoms with Crippen LogP contribution in [0.3, 0.4) is 0 Å². The molecular formula is C16H24N2O3. The molecule has 2 atom stereocenters. The lowest BCUT2D eigenvalue weighted by atomic mass is 9.99. The highest BCUT2D eigenvalue weighted by Gasteiger charge is 2.25. The van der Waals surface area contributed by atoms with E-state index in [-0.39, 0.29) is 11.8 Å². The Morgan fingerprint density at radius 2 is 1.81 bits per heavy atom. The maximum atomic E-state index is 12.1. The minimum atomic E-state index is -0.998. The number of carbonyl (C=O) groups is 2. The summed E-state index contributed by atoms with van der Waals surface area (Å²) in [6, 6.07) is 6.36. The first-order chi connectivity index (χ1) is 9.85. The molecule has 0 radical (unpaired) electrons. The molecular weight excluding hydrogens is 268 g/mol. The van der Waals surface area contributed by atoms with Crippen molar-refractivity contribution < 1.29 is 14.7 Å². The third-order valence-electron chi connectivity index (χ3n) is 3.48. The Balaban J connectivity index is 2.76. The maximum Gasteiger partial charge on any atom is 0.326 e. The fourth-order valence-corrected chi connectivity index (χ4v) is 2.03. The molecule has 0 aliphatic carbocycles. The molecule has 0 bridgehead atoms. The third kappa shape index (κ3) is 5.19. The molecule has 0 fully saturated rings. The SMILES string of the molecule is CCC(C)[C@H](NC(=O)c1ccc(CN(C)C)cc1)C(=O)O. The Kier molecular flexibility index (Phi) is 6.37. The van der Waals surface area contributed by atoms with E-state index >= 15 is 0 Å². The standard InChI is InChI=1S/C16H24N2O3/c1-5-11(2)14(16(20)21)17-15(19)13-8-6-12(7-9-13)10-18(3)4/h6-9,11,14H,5,10H2,1-4H3,(H,17,19)(H,20,21)/t11?,14-/m0/s1. The van der Waals surface area contributed by atoms with Gasteiger partial charge in [0.2, 0.25) is 0 Å². The van der Waals surface area contributed by atoms with Crippen molar-refractivity contribution in [2.24, 2.45) is 5.92 Å². The number of nitrogens with zero attached hydrogens (tertiary/aromatic N) is 1. The van der Waals surface area contributed by atoms with Crippen LogP contribution in [0.25, 0.3) is 0 Å². The average molecular weight is 292 g/mol. The van der Waals surface area contributed by atoms with Crippen molar-refractivity contribution in [1.82, 2.24) is 10.2 Å². The Bertz CT molecular complexity index is 483. The van der Waals surface area contributed by atoms with Gasteiger partial charge in [-0.2, -0.15) is 0 Å². The van der Waals surface area contributed by atoms with E-state index in [2.05, 4.69) is 5.32 Å². The first kappa shape index (κ1) is 17.2. The summed E-state index contributed by atoms with van der Waals surface area (Å²) in [7, 11) is 3.95. The number of hydrogen-bond acceptors (Lipinski definition) is 3. The third-order valence-corrected chi connectivity index (χ3v) is 3.48. The summed E-state index contributed by atoms with van der Waals surface area (Å²) < 4.78 is 0. The van der Waals surface area contributed by atoms with Crippen molar-refractivity contribution in [2.75, 3.05) is 14.1 Å². The molecule has 0 saturated heterocycles. The topological polar surface area (TPSA) is 69.6 Å². The molecule has 0 aliphatic rings. The first-order valence-electron chi connectivity index (χ1n) is 7.12. The zero-order chi connectivity index (χ0) is 16.0. The lowest BCUT2D eigenvalue weighted by Crippen LogP contribution is -2.45. The Morgan fingerprint density at radius 3 is 2.24 bits per heavy atom. The van der Waals surface area contributed by atoms with Gasteiger partial charge in [0.05, 0.1) is 0 Å². The number of carbonyl (C=O) groups excluding carboxylic acids is 1. The second-order valence-corrected chi connectivity index (χ2v) is 5.61. The zero-order valence-electron chi connectivity index (χ0n) is 13.1. The van der Waals surface area contributed by atoms with E-state index in [0.29, 0.717) is 12.0 Å². The molecule has 0 aromatic heterocycles. The monoisotopic (exact) mass is 292 g/mol. The Labute approximate surface area is 126 Å². The smallest absolute Gasteiger partial charge is 0.326 e. The summed E-state index contributed by atoms with van der Waals surface area (Å²) >= 11 is 0. The highest BCUT2D eigenvalue weighted by Crippen LogP contribution is 2.11. The second kappa shape index (κ2) is 7.78. The molecule has 21 heavy (non-hydrogen) atoms. The van der Waals surface area contributed by atoms with Gasteiger partial charge in [0.15, 0.2) is 0 Å². The predicted molar refractivity (Wildman–Crippen MR) is 82.2 cm³/mol. The van der Waals surface area contributed by atoms with Crippen LogP contribution in [0.1, 0.15) is 36.2 Å². The maximum absolute atomic E-state index is 12.1. The normalized spacial score (nSPS) is 13.8. The minimum Gasteiger partial charge on any atom is -0.480 e. The minimum absolute atomic E-state index is 0.112. The van der Waals surface area contributed by atoms with Gasteiger partial charge in [0.1, 0.15) is 6.04 Å². The second-order valence-electron chi connectivity index (χ2n) is 5.61. The van der Waals surface area contributed by atoms with Crippen LogP contribution in [-0.2, 0) is 11.3 Å². The van der Waals surface area contributed by atoms with Crippen LogP contribution in [0.15, 0.2) is 24.3 Å². The summed E-state index contributed by atoms with van der Waals surface area (Å²) in [4.78, 5) is 25.4. The Morgan fingerprint density at radius 1 is 1.24 bits per heavy atom. The number of rotatable bonds is 7. The fourth-order valence-electron chi connectivity index (χ4n) is 2.03. The predicted octanol–water partition coefficient (Wildman–Crippen LogP) is 1.98. The van der Waals surface area contributed by atoms with Crippen LogP contribution in [0.4, 0.5) is 0 Å². The number of carboxylic acid groups (broad SMARTS) is 1. The van der Waals surface area contributed by atoms with Gasteiger partial charge in [-0.15, -0.1) is 0 Å². The first-order valence-corrected chi connectivity index (χ1v) is 7.12. The van der Waals surface area contributed by atoms with E-state index in [1.807, 2.05) is 45.0 Å². The van der Waals surface area contributed by atoms with Crippen LogP contribution in [0, 0.1) is 5.92 Å². The van der Waals surface area contributed by atoms with E-state index in [1.54, 1.807) is 12.1 Å². The zero-order valence-corrected chi connectivity index (χ0v) is 13.1. The van der Waals surface area contributed by atoms with Gasteiger partial charge in [-0.25, -0.2) is 4.79 Å². The molecule has 1 amide bonds. The molecule has 2 N–H and O–H groups in total. The van der Waals surface area contributed by atoms with Gasteiger partial charge in [-0.3, -0.25) is 4.79 Å². The molecule has 1 rings (SSSR count). The largest absolute Gasteiger partial charge is 0.480 e. The molecule has 116 valence electrons. The lowest BCUT2D eigenvalue weighted by Gasteiger charge is -2.20. The van der Waals surface area contributed by atoms with Crippen molar-refractivity contribution in [2.45, 2.75) is 32.9 Å². The quantitative estimate of drug-likeness (QED) is 0.806. The van der Waals surface area contributed by atoms with Gasteiger partial charge in [-0.1, -0.05) is 32.4 Å². The van der Waals surface area contributed by atoms with Gasteiger partial charge in [0.25, 0.3) is 5.91 Å². The molecule has 0 saturated carbocycles. The van der Waals surface area contributed by atoms with E-state index in [9.17, 15) is 14.7 Å². The van der Waals surface area contributed by atoms with Crippen LogP contribution >= 0.6 is 0 Å². The van der Waals surface area contributed by atoms with Crippen molar-refractivity contribution in [1.29, 1.82) is 0 Å². The average Bonchev–Trinajstić information content (AvgIpc) is 2.43. The van der Waals surface area contributed by atoms with Crippen molar-refractivity contribution >= 4 is 11.9 Å². The number of amides is 1. The summed E-state index contributed by atoms with van der Waals surface area (Å²) in [5, 5.41) is 11.8. The number of aliphatic carboxylic acids is 1. The summed E-state index contributed by atoms with van der Waals surface area (Å²) in [6.07, 6.45) is 0.693. The molecule has 5 nitrogen and oxygen atoms in total. The number of nitrogens with one attached hydrogen (secondary N) is 1. The summed E-state index contributed by atoms with van der Waals surface area (Å²) in [5.74, 6) is -1.46. The Hall–Kier alpha value is -1.88. The summed E-state index contributed by atoms with van der Waals surface area (Å²) in [6.45, 7) is 4.52. The van der Waals surface area contributed by atoms with Crippen LogP contribution in [0.5, 0.6) is 0 Å². The highest BCUT2D eigenvalue weighted by molar-refractivity contribution is 5.96. The van der Waals surface area contributed by atoms with E-state index < -0.39 is 12.0 Å². The van der Waals surface area contributed by atoms with E-state index in [1.165, 1.54) is 0 Å². The van der Waals surface area contributed by atoms with Crippen molar-refractivity contribution in [3.63, 3.8) is 0 Å². The molecule has 1 aromatic rings. The number of carboxylic acids is 1. The molecule has 1 unspecified atom stereocenters. The van der Waals surface area contributed by atoms with Crippen LogP contribution in [-0.4, -0.2) is 42.0 Å².